The van der Waals surface area contributed by atoms with Gasteiger partial charge in [-0.15, -0.1) is 0 Å². The van der Waals surface area contributed by atoms with Gasteiger partial charge < -0.3 is 4.90 Å². The monoisotopic (exact) mass is 626 g/mol. The van der Waals surface area contributed by atoms with Gasteiger partial charge in [-0.1, -0.05) is 146 Å². The van der Waals surface area contributed by atoms with E-state index in [0.717, 1.165) is 33.8 Å². The van der Waals surface area contributed by atoms with Crippen LogP contribution in [0.2, 0.25) is 0 Å². The van der Waals surface area contributed by atoms with Crippen LogP contribution in [0, 0.1) is 13.8 Å². The molecule has 0 amide bonds. The summed E-state index contributed by atoms with van der Waals surface area (Å²) in [5, 5.41) is 2.55. The smallest absolute Gasteiger partial charge is 0.0794 e. The average molecular weight is 627 g/mol. The molecule has 1 aliphatic carbocycles. The van der Waals surface area contributed by atoms with Crippen molar-refractivity contribution in [1.29, 1.82) is 0 Å². The summed E-state index contributed by atoms with van der Waals surface area (Å²) in [6.45, 7) is 4.36. The van der Waals surface area contributed by atoms with E-state index in [1.807, 2.05) is 0 Å². The van der Waals surface area contributed by atoms with Gasteiger partial charge in [0.05, 0.1) is 11.4 Å². The fourth-order valence-electron chi connectivity index (χ4n) is 7.58. The summed E-state index contributed by atoms with van der Waals surface area (Å²) < 4.78 is 0. The van der Waals surface area contributed by atoms with Crippen molar-refractivity contribution >= 4 is 27.8 Å². The average Bonchev–Trinajstić information content (AvgIpc) is 3.49. The third-order valence-corrected chi connectivity index (χ3v) is 9.86. The SMILES string of the molecule is Cc1ccccc1N(c1ccc(-c2nc(-c3ccccc3)c3c(c2-c2ccccc2)-c2cccc4cccc-3c24)cc1)c1ccccc1C. The third kappa shape index (κ3) is 4.76. The van der Waals surface area contributed by atoms with Gasteiger partial charge in [0.2, 0.25) is 0 Å². The Hall–Kier alpha value is -6.25. The van der Waals surface area contributed by atoms with E-state index in [4.69, 9.17) is 4.98 Å². The summed E-state index contributed by atoms with van der Waals surface area (Å²) >= 11 is 0. The second-order valence-electron chi connectivity index (χ2n) is 12.8. The molecular formula is C47H34N2. The first-order valence-electron chi connectivity index (χ1n) is 16.9. The van der Waals surface area contributed by atoms with E-state index >= 15 is 0 Å². The van der Waals surface area contributed by atoms with Crippen molar-refractivity contribution in [3.8, 4) is 55.9 Å². The minimum atomic E-state index is 0.985. The Bertz CT molecular complexity index is 2450. The zero-order valence-corrected chi connectivity index (χ0v) is 27.6. The minimum Gasteiger partial charge on any atom is -0.310 e. The topological polar surface area (TPSA) is 16.1 Å². The normalized spacial score (nSPS) is 11.5. The second kappa shape index (κ2) is 11.8. The maximum atomic E-state index is 5.64. The summed E-state index contributed by atoms with van der Waals surface area (Å²) in [5.74, 6) is 0. The molecule has 2 heteroatoms. The molecule has 0 fully saturated rings. The van der Waals surface area contributed by atoms with Crippen molar-refractivity contribution in [2.24, 2.45) is 0 Å². The number of fused-ring (bicyclic) bond motifs is 3. The van der Waals surface area contributed by atoms with Gasteiger partial charge in [0.25, 0.3) is 0 Å². The summed E-state index contributed by atoms with van der Waals surface area (Å²) in [6.07, 6.45) is 0. The van der Waals surface area contributed by atoms with Gasteiger partial charge >= 0.3 is 0 Å². The van der Waals surface area contributed by atoms with Crippen molar-refractivity contribution < 1.29 is 0 Å². The Morgan fingerprint density at radius 1 is 0.388 bits per heavy atom. The third-order valence-electron chi connectivity index (χ3n) is 9.86. The maximum absolute atomic E-state index is 5.64. The predicted molar refractivity (Wildman–Crippen MR) is 207 cm³/mol. The van der Waals surface area contributed by atoms with Gasteiger partial charge in [-0.05, 0) is 76.7 Å². The molecule has 0 atom stereocenters. The molecule has 1 aromatic heterocycles. The van der Waals surface area contributed by atoms with Crippen LogP contribution in [-0.2, 0) is 0 Å². The molecule has 7 aromatic carbocycles. The molecule has 1 aliphatic rings. The number of anilines is 3. The number of aryl methyl sites for hydroxylation is 2. The highest BCUT2D eigenvalue weighted by Gasteiger charge is 2.31. The number of nitrogens with zero attached hydrogens (tertiary/aromatic N) is 2. The molecule has 0 N–H and O–H groups in total. The maximum Gasteiger partial charge on any atom is 0.0794 e. The lowest BCUT2D eigenvalue weighted by Crippen LogP contribution is -2.12. The molecule has 2 nitrogen and oxygen atoms in total. The van der Waals surface area contributed by atoms with Crippen molar-refractivity contribution in [2.45, 2.75) is 13.8 Å². The summed E-state index contributed by atoms with van der Waals surface area (Å²) in [4.78, 5) is 8.01. The van der Waals surface area contributed by atoms with E-state index in [-0.39, 0.29) is 0 Å². The van der Waals surface area contributed by atoms with Crippen molar-refractivity contribution in [3.63, 3.8) is 0 Å². The fraction of sp³-hybridized carbons (Fsp3) is 0.0426. The molecule has 9 rings (SSSR count). The van der Waals surface area contributed by atoms with Gasteiger partial charge in [0.15, 0.2) is 0 Å². The lowest BCUT2D eigenvalue weighted by atomic mass is 9.87. The Morgan fingerprint density at radius 3 is 1.47 bits per heavy atom. The first kappa shape index (κ1) is 28.9. The summed E-state index contributed by atoms with van der Waals surface area (Å²) in [6, 6.07) is 61.0. The number of pyridine rings is 1. The van der Waals surface area contributed by atoms with Crippen LogP contribution in [0.1, 0.15) is 11.1 Å². The zero-order valence-electron chi connectivity index (χ0n) is 27.6. The van der Waals surface area contributed by atoms with Gasteiger partial charge in [0, 0.05) is 44.9 Å². The number of hydrogen-bond donors (Lipinski definition) is 0. The minimum absolute atomic E-state index is 0.985. The molecule has 232 valence electrons. The van der Waals surface area contributed by atoms with Crippen LogP contribution in [0.15, 0.2) is 170 Å². The highest BCUT2D eigenvalue weighted by molar-refractivity contribution is 6.21. The summed E-state index contributed by atoms with van der Waals surface area (Å²) in [5.41, 5.74) is 17.4. The van der Waals surface area contributed by atoms with Gasteiger partial charge in [-0.3, -0.25) is 0 Å². The molecule has 0 radical (unpaired) electrons. The molecule has 0 unspecified atom stereocenters. The standard InChI is InChI=1S/C47H34N2/c1-31-15-9-11-25-40(31)49(41-26-12-10-16-32(41)2)37-29-27-36(28-30-37)46-43(34-17-5-3-6-18-34)44-38-23-13-21-33-22-14-24-39(42(33)38)45(44)47(48-46)35-19-7-4-8-20-35/h3-30H,1-2H3. The Labute approximate surface area is 287 Å². The summed E-state index contributed by atoms with van der Waals surface area (Å²) in [7, 11) is 0. The molecule has 0 saturated carbocycles. The van der Waals surface area contributed by atoms with Gasteiger partial charge in [-0.2, -0.15) is 0 Å². The largest absolute Gasteiger partial charge is 0.310 e. The van der Waals surface area contributed by atoms with Gasteiger partial charge in [0.1, 0.15) is 0 Å². The first-order valence-corrected chi connectivity index (χ1v) is 16.9. The Balaban J connectivity index is 1.31. The van der Waals surface area contributed by atoms with Crippen LogP contribution in [0.5, 0.6) is 0 Å². The molecule has 0 spiro atoms. The van der Waals surface area contributed by atoms with E-state index in [9.17, 15) is 0 Å². The molecule has 0 saturated heterocycles. The highest BCUT2D eigenvalue weighted by atomic mass is 15.1. The van der Waals surface area contributed by atoms with Crippen LogP contribution < -0.4 is 4.90 Å². The fourth-order valence-corrected chi connectivity index (χ4v) is 7.58. The van der Waals surface area contributed by atoms with E-state index in [0.29, 0.717) is 0 Å². The molecular weight excluding hydrogens is 593 g/mol. The Kier molecular flexibility index (Phi) is 6.95. The van der Waals surface area contributed by atoms with E-state index in [1.165, 1.54) is 61.1 Å². The molecule has 1 heterocycles. The molecule has 49 heavy (non-hydrogen) atoms. The van der Waals surface area contributed by atoms with Crippen LogP contribution in [0.25, 0.3) is 66.7 Å². The number of benzene rings is 7. The molecule has 0 bridgehead atoms. The van der Waals surface area contributed by atoms with E-state index < -0.39 is 0 Å². The van der Waals surface area contributed by atoms with Crippen LogP contribution >= 0.6 is 0 Å². The van der Waals surface area contributed by atoms with Crippen molar-refractivity contribution in [1.82, 2.24) is 4.98 Å². The van der Waals surface area contributed by atoms with Crippen molar-refractivity contribution in [2.75, 3.05) is 4.90 Å². The number of para-hydroxylation sites is 2. The number of rotatable bonds is 6. The molecule has 8 aromatic rings. The highest BCUT2D eigenvalue weighted by Crippen LogP contribution is 2.56. The number of hydrogen-bond acceptors (Lipinski definition) is 2. The van der Waals surface area contributed by atoms with Crippen molar-refractivity contribution in [3.05, 3.63) is 181 Å². The quantitative estimate of drug-likeness (QED) is 0.183. The predicted octanol–water partition coefficient (Wildman–Crippen LogP) is 13.0. The lowest BCUT2D eigenvalue weighted by Gasteiger charge is -2.28. The zero-order chi connectivity index (χ0) is 32.9. The lowest BCUT2D eigenvalue weighted by molar-refractivity contribution is 1.22. The van der Waals surface area contributed by atoms with Crippen LogP contribution in [-0.4, -0.2) is 4.98 Å². The molecule has 0 aliphatic heterocycles. The number of aromatic nitrogens is 1. The van der Waals surface area contributed by atoms with Crippen LogP contribution in [0.4, 0.5) is 17.1 Å². The second-order valence-corrected chi connectivity index (χ2v) is 12.8. The van der Waals surface area contributed by atoms with Crippen LogP contribution in [0.3, 0.4) is 0 Å². The van der Waals surface area contributed by atoms with Gasteiger partial charge in [-0.25, -0.2) is 4.98 Å². The first-order chi connectivity index (χ1) is 24.2. The Morgan fingerprint density at radius 2 is 0.878 bits per heavy atom. The van der Waals surface area contributed by atoms with E-state index in [1.54, 1.807) is 0 Å². The van der Waals surface area contributed by atoms with E-state index in [2.05, 4.69) is 189 Å².